The number of para-hydroxylation sites is 1. The van der Waals surface area contributed by atoms with Gasteiger partial charge in [0.05, 0.1) is 20.4 Å². The Labute approximate surface area is 140 Å². The largest absolute Gasteiger partial charge is 0.493 e. The zero-order chi connectivity index (χ0) is 17.2. The molecule has 0 radical (unpaired) electrons. The molecule has 1 saturated carbocycles. The summed E-state index contributed by atoms with van der Waals surface area (Å²) in [4.78, 5) is 24.8. The van der Waals surface area contributed by atoms with Gasteiger partial charge in [0.2, 0.25) is 0 Å². The third kappa shape index (κ3) is 2.70. The molecule has 1 aliphatic carbocycles. The van der Waals surface area contributed by atoms with Crippen LogP contribution in [-0.4, -0.2) is 42.9 Å². The van der Waals surface area contributed by atoms with Gasteiger partial charge in [-0.05, 0) is 25.0 Å². The molecule has 0 aromatic heterocycles. The van der Waals surface area contributed by atoms with Crippen LogP contribution in [0.15, 0.2) is 23.3 Å². The van der Waals surface area contributed by atoms with Crippen molar-refractivity contribution in [1.82, 2.24) is 10.3 Å². The predicted octanol–water partition coefficient (Wildman–Crippen LogP) is 2.29. The van der Waals surface area contributed by atoms with E-state index in [0.717, 1.165) is 24.3 Å². The lowest BCUT2D eigenvalue weighted by Gasteiger charge is -2.29. The molecule has 0 unspecified atom stereocenters. The van der Waals surface area contributed by atoms with Crippen molar-refractivity contribution in [1.29, 1.82) is 0 Å². The molecule has 1 spiro atoms. The first kappa shape index (κ1) is 16.3. The summed E-state index contributed by atoms with van der Waals surface area (Å²) in [5.41, 5.74) is -0.146. The number of nitrogens with one attached hydrogen (secondary N) is 1. The number of hydrogen-bond donors (Lipinski definition) is 1. The van der Waals surface area contributed by atoms with Crippen molar-refractivity contribution in [2.24, 2.45) is 5.10 Å². The van der Waals surface area contributed by atoms with Gasteiger partial charge in [-0.25, -0.2) is 4.79 Å². The van der Waals surface area contributed by atoms with Gasteiger partial charge in [0, 0.05) is 5.56 Å². The van der Waals surface area contributed by atoms with Gasteiger partial charge in [-0.2, -0.15) is 5.10 Å². The number of benzene rings is 1. The number of imide groups is 1. The molecule has 2 aliphatic rings. The highest BCUT2D eigenvalue weighted by atomic mass is 16.5. The average molecular weight is 331 g/mol. The highest BCUT2D eigenvalue weighted by molar-refractivity contribution is 6.07. The molecule has 2 fully saturated rings. The number of methoxy groups -OCH3 is 2. The van der Waals surface area contributed by atoms with Crippen LogP contribution in [-0.2, 0) is 4.79 Å². The van der Waals surface area contributed by atoms with Gasteiger partial charge in [-0.1, -0.05) is 25.3 Å². The molecular weight excluding hydrogens is 310 g/mol. The smallest absolute Gasteiger partial charge is 0.346 e. The predicted molar refractivity (Wildman–Crippen MR) is 88.3 cm³/mol. The highest BCUT2D eigenvalue weighted by Gasteiger charge is 2.51. The fourth-order valence-electron chi connectivity index (χ4n) is 3.34. The first-order valence-electron chi connectivity index (χ1n) is 8.03. The lowest BCUT2D eigenvalue weighted by molar-refractivity contribution is -0.132. The molecule has 1 aromatic rings. The summed E-state index contributed by atoms with van der Waals surface area (Å²) >= 11 is 0. The first-order valence-corrected chi connectivity index (χ1v) is 8.03. The van der Waals surface area contributed by atoms with Gasteiger partial charge in [0.1, 0.15) is 5.54 Å². The molecule has 0 atom stereocenters. The molecule has 1 aliphatic heterocycles. The summed E-state index contributed by atoms with van der Waals surface area (Å²) in [5, 5.41) is 7.85. The van der Waals surface area contributed by atoms with E-state index in [-0.39, 0.29) is 5.91 Å². The Kier molecular flexibility index (Phi) is 4.42. The van der Waals surface area contributed by atoms with Crippen LogP contribution in [0.25, 0.3) is 0 Å². The van der Waals surface area contributed by atoms with Crippen molar-refractivity contribution in [2.75, 3.05) is 14.2 Å². The number of hydrogen-bond acceptors (Lipinski definition) is 5. The Morgan fingerprint density at radius 3 is 2.58 bits per heavy atom. The number of hydrazone groups is 1. The van der Waals surface area contributed by atoms with Gasteiger partial charge in [0.15, 0.2) is 11.5 Å². The second-order valence-electron chi connectivity index (χ2n) is 6.02. The van der Waals surface area contributed by atoms with E-state index in [0.29, 0.717) is 29.9 Å². The van der Waals surface area contributed by atoms with Crippen LogP contribution < -0.4 is 14.8 Å². The molecule has 0 bridgehead atoms. The summed E-state index contributed by atoms with van der Waals surface area (Å²) < 4.78 is 10.6. The van der Waals surface area contributed by atoms with Crippen LogP contribution in [0.1, 0.15) is 37.7 Å². The lowest BCUT2D eigenvalue weighted by atomic mass is 9.82. The van der Waals surface area contributed by atoms with Gasteiger partial charge < -0.3 is 14.8 Å². The molecule has 3 rings (SSSR count). The number of carbonyl (C=O) groups excluding carboxylic acids is 2. The fraction of sp³-hybridized carbons (Fsp3) is 0.471. The topological polar surface area (TPSA) is 80.2 Å². The van der Waals surface area contributed by atoms with Crippen LogP contribution >= 0.6 is 0 Å². The van der Waals surface area contributed by atoms with Crippen LogP contribution in [0.4, 0.5) is 4.79 Å². The molecule has 24 heavy (non-hydrogen) atoms. The van der Waals surface area contributed by atoms with E-state index >= 15 is 0 Å². The zero-order valence-electron chi connectivity index (χ0n) is 13.9. The SMILES string of the molecule is COc1cccc(/C=N\N2C(=O)NC3(CCCCC3)C2=O)c1OC. The van der Waals surface area contributed by atoms with Crippen LogP contribution in [0.3, 0.4) is 0 Å². The third-order valence-corrected chi connectivity index (χ3v) is 4.59. The maximum absolute atomic E-state index is 12.7. The normalized spacial score (nSPS) is 19.8. The van der Waals surface area contributed by atoms with Crippen LogP contribution in [0.2, 0.25) is 0 Å². The van der Waals surface area contributed by atoms with E-state index in [2.05, 4.69) is 10.4 Å². The lowest BCUT2D eigenvalue weighted by Crippen LogP contribution is -2.48. The molecule has 1 heterocycles. The average Bonchev–Trinajstić information content (AvgIpc) is 2.83. The second kappa shape index (κ2) is 6.51. The molecule has 1 saturated heterocycles. The summed E-state index contributed by atoms with van der Waals surface area (Å²) in [6.07, 6.45) is 5.76. The molecule has 1 aromatic carbocycles. The maximum Gasteiger partial charge on any atom is 0.346 e. The minimum absolute atomic E-state index is 0.273. The van der Waals surface area contributed by atoms with E-state index in [1.54, 1.807) is 25.3 Å². The molecule has 1 N–H and O–H groups in total. The van der Waals surface area contributed by atoms with E-state index < -0.39 is 11.6 Å². The van der Waals surface area contributed by atoms with E-state index in [1.807, 2.05) is 0 Å². The number of urea groups is 1. The highest BCUT2D eigenvalue weighted by Crippen LogP contribution is 2.34. The van der Waals surface area contributed by atoms with Gasteiger partial charge in [-0.15, -0.1) is 5.01 Å². The Morgan fingerprint density at radius 2 is 1.92 bits per heavy atom. The van der Waals surface area contributed by atoms with Crippen molar-refractivity contribution >= 4 is 18.2 Å². The minimum atomic E-state index is -0.773. The first-order chi connectivity index (χ1) is 11.6. The Balaban J connectivity index is 1.85. The van der Waals surface area contributed by atoms with Crippen molar-refractivity contribution in [2.45, 2.75) is 37.6 Å². The fourth-order valence-corrected chi connectivity index (χ4v) is 3.34. The van der Waals surface area contributed by atoms with Crippen molar-refractivity contribution in [3.05, 3.63) is 23.8 Å². The Hall–Kier alpha value is -2.57. The molecule has 3 amide bonds. The Morgan fingerprint density at radius 1 is 1.17 bits per heavy atom. The number of nitrogens with zero attached hydrogens (tertiary/aromatic N) is 2. The summed E-state index contributed by atoms with van der Waals surface area (Å²) in [6.45, 7) is 0. The third-order valence-electron chi connectivity index (χ3n) is 4.59. The monoisotopic (exact) mass is 331 g/mol. The zero-order valence-corrected chi connectivity index (χ0v) is 13.9. The van der Waals surface area contributed by atoms with Crippen LogP contribution in [0, 0.1) is 0 Å². The second-order valence-corrected chi connectivity index (χ2v) is 6.02. The number of rotatable bonds is 4. The van der Waals surface area contributed by atoms with Crippen LogP contribution in [0.5, 0.6) is 11.5 Å². The number of amides is 3. The van der Waals surface area contributed by atoms with Crippen molar-refractivity contribution in [3.63, 3.8) is 0 Å². The van der Waals surface area contributed by atoms with Gasteiger partial charge >= 0.3 is 6.03 Å². The molecule has 128 valence electrons. The minimum Gasteiger partial charge on any atom is -0.493 e. The van der Waals surface area contributed by atoms with Crippen molar-refractivity contribution in [3.8, 4) is 11.5 Å². The maximum atomic E-state index is 12.7. The van der Waals surface area contributed by atoms with E-state index in [1.165, 1.54) is 13.3 Å². The standard InChI is InChI=1S/C17H21N3O4/c1-23-13-8-6-7-12(14(13)24-2)11-18-20-15(21)17(19-16(20)22)9-4-3-5-10-17/h6-8,11H,3-5,9-10H2,1-2H3,(H,19,22)/b18-11-. The number of ether oxygens (including phenoxy) is 2. The Bertz CT molecular complexity index is 680. The van der Waals surface area contributed by atoms with E-state index in [4.69, 9.17) is 9.47 Å². The molecule has 7 nitrogen and oxygen atoms in total. The van der Waals surface area contributed by atoms with Gasteiger partial charge in [0.25, 0.3) is 5.91 Å². The summed E-state index contributed by atoms with van der Waals surface area (Å²) in [5.74, 6) is 0.788. The molecular formula is C17H21N3O4. The van der Waals surface area contributed by atoms with E-state index in [9.17, 15) is 9.59 Å². The quantitative estimate of drug-likeness (QED) is 0.678. The number of carbonyl (C=O) groups is 2. The van der Waals surface area contributed by atoms with Crippen molar-refractivity contribution < 1.29 is 19.1 Å². The summed E-state index contributed by atoms with van der Waals surface area (Å²) in [7, 11) is 3.07. The summed E-state index contributed by atoms with van der Waals surface area (Å²) in [6, 6.07) is 4.86. The van der Waals surface area contributed by atoms with Gasteiger partial charge in [-0.3, -0.25) is 4.79 Å². The molecule has 7 heteroatoms.